The molecule has 1 saturated heterocycles. The first-order valence-electron chi connectivity index (χ1n) is 6.98. The second kappa shape index (κ2) is 7.08. The first-order chi connectivity index (χ1) is 9.90. The molecule has 0 N–H and O–H groups in total. The fourth-order valence-electron chi connectivity index (χ4n) is 2.74. The molecule has 2 rings (SSSR count). The van der Waals surface area contributed by atoms with Crippen LogP contribution in [0.25, 0.3) is 0 Å². The van der Waals surface area contributed by atoms with Crippen LogP contribution in [0.3, 0.4) is 0 Å². The fourth-order valence-corrected chi connectivity index (χ4v) is 3.33. The number of halogens is 3. The highest BCUT2D eigenvalue weighted by molar-refractivity contribution is 6.43. The molecular weight excluding hydrogens is 333 g/mol. The van der Waals surface area contributed by atoms with E-state index in [1.165, 1.54) is 12.1 Å². The van der Waals surface area contributed by atoms with Crippen molar-refractivity contribution >= 4 is 40.7 Å². The zero-order chi connectivity index (χ0) is 15.6. The van der Waals surface area contributed by atoms with Gasteiger partial charge in [0.2, 0.25) is 0 Å². The van der Waals surface area contributed by atoms with Gasteiger partial charge in [-0.05, 0) is 39.2 Å². The Kier molecular flexibility index (Phi) is 5.64. The smallest absolute Gasteiger partial charge is 0.260 e. The van der Waals surface area contributed by atoms with E-state index in [0.717, 1.165) is 19.3 Å². The molecule has 21 heavy (non-hydrogen) atoms. The molecule has 3 nitrogen and oxygen atoms in total. The molecule has 1 aliphatic heterocycles. The van der Waals surface area contributed by atoms with Crippen molar-refractivity contribution in [2.75, 3.05) is 6.61 Å². The third-order valence-electron chi connectivity index (χ3n) is 3.81. The van der Waals surface area contributed by atoms with Gasteiger partial charge < -0.3 is 9.64 Å². The maximum atomic E-state index is 12.4. The van der Waals surface area contributed by atoms with E-state index in [1.807, 2.05) is 4.90 Å². The molecule has 1 heterocycles. The quantitative estimate of drug-likeness (QED) is 0.732. The van der Waals surface area contributed by atoms with Crippen LogP contribution in [-0.4, -0.2) is 29.5 Å². The second-order valence-corrected chi connectivity index (χ2v) is 6.64. The lowest BCUT2D eigenvalue weighted by Crippen LogP contribution is -2.49. The summed E-state index contributed by atoms with van der Waals surface area (Å²) in [6.45, 7) is 4.09. The number of benzene rings is 1. The molecule has 6 heteroatoms. The van der Waals surface area contributed by atoms with Crippen molar-refractivity contribution in [3.05, 3.63) is 27.2 Å². The van der Waals surface area contributed by atoms with Crippen molar-refractivity contribution in [1.82, 2.24) is 4.90 Å². The molecule has 1 aromatic carbocycles. The lowest BCUT2D eigenvalue weighted by Gasteiger charge is -2.39. The molecular formula is C15H18Cl3NO2. The van der Waals surface area contributed by atoms with Crippen molar-refractivity contribution in [3.63, 3.8) is 0 Å². The molecule has 0 spiro atoms. The van der Waals surface area contributed by atoms with Crippen molar-refractivity contribution in [2.45, 2.75) is 45.2 Å². The summed E-state index contributed by atoms with van der Waals surface area (Å²) in [6.07, 6.45) is 3.22. The summed E-state index contributed by atoms with van der Waals surface area (Å²) in [7, 11) is 0. The predicted octanol–water partition coefficient (Wildman–Crippen LogP) is 4.82. The SMILES string of the molecule is C[C@@H]1CCC[C@H](C)N1C(=O)COc1cc(Cl)c(Cl)cc1Cl. The molecule has 116 valence electrons. The van der Waals surface area contributed by atoms with Crippen LogP contribution >= 0.6 is 34.8 Å². The Balaban J connectivity index is 2.02. The minimum atomic E-state index is -0.0492. The third-order valence-corrected chi connectivity index (χ3v) is 4.82. The number of nitrogens with zero attached hydrogens (tertiary/aromatic N) is 1. The summed E-state index contributed by atoms with van der Waals surface area (Å²) in [5.41, 5.74) is 0. The zero-order valence-electron chi connectivity index (χ0n) is 12.0. The van der Waals surface area contributed by atoms with E-state index in [0.29, 0.717) is 20.8 Å². The summed E-state index contributed by atoms with van der Waals surface area (Å²) < 4.78 is 5.52. The normalized spacial score (nSPS) is 22.2. The van der Waals surface area contributed by atoms with Gasteiger partial charge in [0.25, 0.3) is 5.91 Å². The average molecular weight is 351 g/mol. The van der Waals surface area contributed by atoms with Crippen LogP contribution < -0.4 is 4.74 Å². The Morgan fingerprint density at radius 2 is 1.71 bits per heavy atom. The number of carbonyl (C=O) groups is 1. The molecule has 1 fully saturated rings. The first kappa shape index (κ1) is 16.7. The molecule has 2 atom stereocenters. The highest BCUT2D eigenvalue weighted by Gasteiger charge is 2.29. The summed E-state index contributed by atoms with van der Waals surface area (Å²) in [4.78, 5) is 14.3. The van der Waals surface area contributed by atoms with Gasteiger partial charge in [-0.15, -0.1) is 0 Å². The molecule has 0 aliphatic carbocycles. The van der Waals surface area contributed by atoms with E-state index in [-0.39, 0.29) is 24.6 Å². The Labute approximate surface area is 140 Å². The van der Waals surface area contributed by atoms with Gasteiger partial charge in [0.1, 0.15) is 5.75 Å². The van der Waals surface area contributed by atoms with Crippen LogP contribution in [0, 0.1) is 0 Å². The van der Waals surface area contributed by atoms with Crippen molar-refractivity contribution < 1.29 is 9.53 Å². The third kappa shape index (κ3) is 3.97. The number of ether oxygens (including phenoxy) is 1. The minimum Gasteiger partial charge on any atom is -0.482 e. The van der Waals surface area contributed by atoms with Gasteiger partial charge in [-0.3, -0.25) is 4.79 Å². The molecule has 1 aliphatic rings. The largest absolute Gasteiger partial charge is 0.482 e. The Morgan fingerprint density at radius 3 is 2.33 bits per heavy atom. The van der Waals surface area contributed by atoms with Crippen LogP contribution in [0.5, 0.6) is 5.75 Å². The molecule has 0 unspecified atom stereocenters. The number of piperidine rings is 1. The van der Waals surface area contributed by atoms with E-state index in [1.54, 1.807) is 0 Å². The molecule has 1 aromatic rings. The monoisotopic (exact) mass is 349 g/mol. The summed E-state index contributed by atoms with van der Waals surface area (Å²) in [5.74, 6) is 0.341. The van der Waals surface area contributed by atoms with Crippen molar-refractivity contribution in [2.24, 2.45) is 0 Å². The van der Waals surface area contributed by atoms with E-state index in [2.05, 4.69) is 13.8 Å². The molecule has 0 saturated carbocycles. The van der Waals surface area contributed by atoms with Crippen molar-refractivity contribution in [3.8, 4) is 5.75 Å². The maximum absolute atomic E-state index is 12.4. The number of rotatable bonds is 3. The van der Waals surface area contributed by atoms with E-state index >= 15 is 0 Å². The number of likely N-dealkylation sites (tertiary alicyclic amines) is 1. The number of carbonyl (C=O) groups excluding carboxylic acids is 1. The molecule has 0 aromatic heterocycles. The van der Waals surface area contributed by atoms with Gasteiger partial charge in [0.15, 0.2) is 6.61 Å². The summed E-state index contributed by atoms with van der Waals surface area (Å²) in [6, 6.07) is 3.53. The fraction of sp³-hybridized carbons (Fsp3) is 0.533. The van der Waals surface area contributed by atoms with Crippen molar-refractivity contribution in [1.29, 1.82) is 0 Å². The van der Waals surface area contributed by atoms with E-state index in [4.69, 9.17) is 39.5 Å². The summed E-state index contributed by atoms with van der Waals surface area (Å²) >= 11 is 17.8. The van der Waals surface area contributed by atoms with E-state index < -0.39 is 0 Å². The molecule has 1 amide bonds. The highest BCUT2D eigenvalue weighted by Crippen LogP contribution is 2.34. The molecule has 0 radical (unpaired) electrons. The highest BCUT2D eigenvalue weighted by atomic mass is 35.5. The van der Waals surface area contributed by atoms with Gasteiger partial charge in [0, 0.05) is 18.2 Å². The number of amides is 1. The minimum absolute atomic E-state index is 0.0307. The lowest BCUT2D eigenvalue weighted by molar-refractivity contribution is -0.139. The van der Waals surface area contributed by atoms with Crippen LogP contribution in [0.2, 0.25) is 15.1 Å². The van der Waals surface area contributed by atoms with Gasteiger partial charge in [-0.2, -0.15) is 0 Å². The van der Waals surface area contributed by atoms with Gasteiger partial charge in [-0.1, -0.05) is 34.8 Å². The second-order valence-electron chi connectivity index (χ2n) is 5.42. The van der Waals surface area contributed by atoms with Gasteiger partial charge >= 0.3 is 0 Å². The van der Waals surface area contributed by atoms with Crippen LogP contribution in [0.15, 0.2) is 12.1 Å². The summed E-state index contributed by atoms with van der Waals surface area (Å²) in [5, 5.41) is 1.05. The standard InChI is InChI=1S/C15H18Cl3NO2/c1-9-4-3-5-10(2)19(9)15(20)8-21-14-7-12(17)11(16)6-13(14)18/h6-7,9-10H,3-5,8H2,1-2H3/t9-,10+. The first-order valence-corrected chi connectivity index (χ1v) is 8.12. The lowest BCUT2D eigenvalue weighted by atomic mass is 9.97. The Morgan fingerprint density at radius 1 is 1.14 bits per heavy atom. The Bertz CT molecular complexity index is 526. The van der Waals surface area contributed by atoms with E-state index in [9.17, 15) is 4.79 Å². The average Bonchev–Trinajstić information content (AvgIpc) is 2.41. The number of hydrogen-bond donors (Lipinski definition) is 0. The molecule has 0 bridgehead atoms. The zero-order valence-corrected chi connectivity index (χ0v) is 14.3. The van der Waals surface area contributed by atoms with Crippen LogP contribution in [0.1, 0.15) is 33.1 Å². The predicted molar refractivity (Wildman–Crippen MR) is 86.6 cm³/mol. The van der Waals surface area contributed by atoms with Crippen LogP contribution in [-0.2, 0) is 4.79 Å². The van der Waals surface area contributed by atoms with Crippen LogP contribution in [0.4, 0.5) is 0 Å². The van der Waals surface area contributed by atoms with Gasteiger partial charge in [0.05, 0.1) is 15.1 Å². The Hall–Kier alpha value is -0.640. The van der Waals surface area contributed by atoms with Gasteiger partial charge in [-0.25, -0.2) is 0 Å². The number of hydrogen-bond acceptors (Lipinski definition) is 2. The topological polar surface area (TPSA) is 29.5 Å². The maximum Gasteiger partial charge on any atom is 0.260 e.